The van der Waals surface area contributed by atoms with Crippen LogP contribution in [0.4, 0.5) is 0 Å². The van der Waals surface area contributed by atoms with E-state index in [4.69, 9.17) is 35.3 Å². The van der Waals surface area contributed by atoms with Gasteiger partial charge in [0.05, 0.1) is 13.7 Å². The highest BCUT2D eigenvalue weighted by Gasteiger charge is 2.54. The van der Waals surface area contributed by atoms with E-state index in [2.05, 4.69) is 0 Å². The van der Waals surface area contributed by atoms with Crippen molar-refractivity contribution in [2.45, 2.75) is 48.3 Å². The van der Waals surface area contributed by atoms with Crippen molar-refractivity contribution in [1.82, 2.24) is 0 Å². The summed E-state index contributed by atoms with van der Waals surface area (Å²) < 4.78 is 28.1. The lowest BCUT2D eigenvalue weighted by atomic mass is 9.98. The Kier molecular flexibility index (Phi) is 9.76. The molecular weight excluding hydrogens is 484 g/mol. The third-order valence-electron chi connectivity index (χ3n) is 4.89. The van der Waals surface area contributed by atoms with E-state index in [0.29, 0.717) is 0 Å². The van der Waals surface area contributed by atoms with Crippen LogP contribution < -0.4 is 0 Å². The summed E-state index contributed by atoms with van der Waals surface area (Å²) in [6.07, 6.45) is -4.65. The molecule has 1 saturated heterocycles. The summed E-state index contributed by atoms with van der Waals surface area (Å²) in [7, 11) is 1.20. The molecule has 2 unspecified atom stereocenters. The largest absolute Gasteiger partial charge is 0.467 e. The minimum absolute atomic E-state index is 0.106. The predicted molar refractivity (Wildman–Crippen MR) is 124 cm³/mol. The maximum atomic E-state index is 12.6. The Bertz CT molecular complexity index is 958. The summed E-state index contributed by atoms with van der Waals surface area (Å²) >= 11 is 6.89. The summed E-state index contributed by atoms with van der Waals surface area (Å²) in [5.74, 6) is -2.58. The molecule has 0 spiro atoms. The van der Waals surface area contributed by atoms with Gasteiger partial charge in [-0.15, -0.1) is 11.6 Å². The van der Waals surface area contributed by atoms with Crippen LogP contribution in [0, 0.1) is 0 Å². The Morgan fingerprint density at radius 3 is 2.18 bits per heavy atom. The topological polar surface area (TPSA) is 97.4 Å². The maximum absolute atomic E-state index is 12.6. The van der Waals surface area contributed by atoms with Gasteiger partial charge in [-0.2, -0.15) is 0 Å². The number of alkyl halides is 1. The molecule has 1 aliphatic rings. The van der Waals surface area contributed by atoms with Crippen LogP contribution in [0.25, 0.3) is 0 Å². The van der Waals surface area contributed by atoms with E-state index in [1.54, 1.807) is 0 Å². The number of thioether (sulfide) groups is 1. The molecule has 0 N–H and O–H groups in total. The Balaban J connectivity index is 1.99. The summed E-state index contributed by atoms with van der Waals surface area (Å²) in [6, 6.07) is 18.5. The molecule has 0 radical (unpaired) electrons. The van der Waals surface area contributed by atoms with Crippen LogP contribution in [0.15, 0.2) is 65.6 Å². The number of methoxy groups -OCH3 is 1. The first-order valence-electron chi connectivity index (χ1n) is 10.5. The second-order valence-electron chi connectivity index (χ2n) is 7.30. The van der Waals surface area contributed by atoms with Gasteiger partial charge in [-0.1, -0.05) is 60.3 Å². The van der Waals surface area contributed by atoms with E-state index in [1.165, 1.54) is 25.8 Å². The van der Waals surface area contributed by atoms with Crippen LogP contribution >= 0.6 is 23.4 Å². The number of halogens is 1. The van der Waals surface area contributed by atoms with Gasteiger partial charge < -0.3 is 23.7 Å². The van der Waals surface area contributed by atoms with Crippen LogP contribution in [0.5, 0.6) is 0 Å². The number of esters is 3. The second kappa shape index (κ2) is 12.8. The van der Waals surface area contributed by atoms with Gasteiger partial charge in [0.25, 0.3) is 0 Å². The maximum Gasteiger partial charge on any atom is 0.339 e. The molecule has 3 rings (SSSR count). The number of benzene rings is 2. The normalized spacial score (nSPS) is 24.1. The monoisotopic (exact) mass is 508 g/mol. The fourth-order valence-electron chi connectivity index (χ4n) is 3.43. The van der Waals surface area contributed by atoms with Crippen molar-refractivity contribution < 1.29 is 38.1 Å². The number of rotatable bonds is 9. The molecule has 182 valence electrons. The second-order valence-corrected chi connectivity index (χ2v) is 8.74. The Labute approximate surface area is 206 Å². The van der Waals surface area contributed by atoms with Crippen molar-refractivity contribution in [3.63, 3.8) is 0 Å². The lowest BCUT2D eigenvalue weighted by Crippen LogP contribution is -2.62. The van der Waals surface area contributed by atoms with Crippen LogP contribution in [-0.2, 0) is 44.7 Å². The number of ether oxygens (including phenoxy) is 5. The van der Waals surface area contributed by atoms with Crippen molar-refractivity contribution in [3.8, 4) is 0 Å². The molecule has 1 heterocycles. The third-order valence-corrected chi connectivity index (χ3v) is 6.26. The fourth-order valence-corrected chi connectivity index (χ4v) is 4.60. The third kappa shape index (κ3) is 6.96. The number of hydrogen-bond donors (Lipinski definition) is 0. The molecule has 2 aromatic rings. The average Bonchev–Trinajstić information content (AvgIpc) is 2.85. The first kappa shape index (κ1) is 26.0. The van der Waals surface area contributed by atoms with Gasteiger partial charge >= 0.3 is 17.9 Å². The molecule has 0 amide bonds. The number of carbonyl (C=O) groups is 3. The first-order chi connectivity index (χ1) is 16.4. The van der Waals surface area contributed by atoms with Gasteiger partial charge in [-0.25, -0.2) is 4.79 Å². The Morgan fingerprint density at radius 1 is 0.941 bits per heavy atom. The quantitative estimate of drug-likeness (QED) is 0.287. The van der Waals surface area contributed by atoms with Gasteiger partial charge in [0.1, 0.15) is 17.4 Å². The van der Waals surface area contributed by atoms with E-state index in [0.717, 1.165) is 10.5 Å². The molecule has 1 aliphatic heterocycles. The lowest BCUT2D eigenvalue weighted by molar-refractivity contribution is -0.238. The highest BCUT2D eigenvalue weighted by molar-refractivity contribution is 7.99. The SMILES string of the molecule is COC(=O)C1O[C@@H](Sc2ccccc2)C(OC(C)=O)[C@H](OCc2ccccc2)[C@@H]1OC(=O)CCl. The molecule has 8 nitrogen and oxygen atoms in total. The average molecular weight is 509 g/mol. The fraction of sp³-hybridized carbons (Fsp3) is 0.375. The molecule has 2 aromatic carbocycles. The van der Waals surface area contributed by atoms with Crippen molar-refractivity contribution in [1.29, 1.82) is 0 Å². The highest BCUT2D eigenvalue weighted by Crippen LogP contribution is 2.38. The van der Waals surface area contributed by atoms with E-state index in [1.807, 2.05) is 60.7 Å². The molecule has 0 aromatic heterocycles. The zero-order valence-corrected chi connectivity index (χ0v) is 20.2. The van der Waals surface area contributed by atoms with E-state index >= 15 is 0 Å². The molecule has 10 heteroatoms. The Morgan fingerprint density at radius 2 is 1.59 bits per heavy atom. The van der Waals surface area contributed by atoms with Crippen LogP contribution in [0.1, 0.15) is 12.5 Å². The molecule has 0 bridgehead atoms. The predicted octanol–water partition coefficient (Wildman–Crippen LogP) is 3.34. The van der Waals surface area contributed by atoms with Gasteiger partial charge in [-0.3, -0.25) is 9.59 Å². The van der Waals surface area contributed by atoms with E-state index in [-0.39, 0.29) is 6.61 Å². The van der Waals surface area contributed by atoms with Gasteiger partial charge in [-0.05, 0) is 17.7 Å². The number of carbonyl (C=O) groups excluding carboxylic acids is 3. The van der Waals surface area contributed by atoms with Crippen molar-refractivity contribution in [2.24, 2.45) is 0 Å². The summed E-state index contributed by atoms with van der Waals surface area (Å²) in [4.78, 5) is 37.6. The van der Waals surface area contributed by atoms with Gasteiger partial charge in [0.2, 0.25) is 0 Å². The van der Waals surface area contributed by atoms with E-state index in [9.17, 15) is 14.4 Å². The molecule has 1 fully saturated rings. The minimum Gasteiger partial charge on any atom is -0.467 e. The number of hydrogen-bond acceptors (Lipinski definition) is 9. The zero-order chi connectivity index (χ0) is 24.5. The van der Waals surface area contributed by atoms with Gasteiger partial charge in [0, 0.05) is 11.8 Å². The zero-order valence-electron chi connectivity index (χ0n) is 18.6. The molecule has 0 aliphatic carbocycles. The van der Waals surface area contributed by atoms with Crippen molar-refractivity contribution in [2.75, 3.05) is 13.0 Å². The summed E-state index contributed by atoms with van der Waals surface area (Å²) in [6.45, 7) is 1.36. The smallest absolute Gasteiger partial charge is 0.339 e. The Hall–Kier alpha value is -2.59. The van der Waals surface area contributed by atoms with Crippen LogP contribution in [0.3, 0.4) is 0 Å². The van der Waals surface area contributed by atoms with Crippen LogP contribution in [-0.4, -0.2) is 60.7 Å². The standard InChI is InChI=1S/C24H25ClO8S/c1-15(26)31-22-19(30-14-16-9-5-3-6-10-16)20(32-18(27)13-25)21(23(28)29-2)33-24(22)34-17-11-7-4-8-12-17/h3-12,19-22,24H,13-14H2,1-2H3/t19-,20+,21?,22?,24+/m1/s1. The molecular formula is C24H25ClO8S. The van der Waals surface area contributed by atoms with Crippen molar-refractivity contribution >= 4 is 41.3 Å². The van der Waals surface area contributed by atoms with Gasteiger partial charge in [0.15, 0.2) is 18.3 Å². The molecule has 0 saturated carbocycles. The highest BCUT2D eigenvalue weighted by atomic mass is 35.5. The minimum atomic E-state index is -1.33. The van der Waals surface area contributed by atoms with Crippen molar-refractivity contribution in [3.05, 3.63) is 66.2 Å². The first-order valence-corrected chi connectivity index (χ1v) is 11.9. The summed E-state index contributed by atoms with van der Waals surface area (Å²) in [5, 5.41) is 0. The van der Waals surface area contributed by atoms with E-state index < -0.39 is 53.6 Å². The lowest BCUT2D eigenvalue weighted by Gasteiger charge is -2.43. The molecule has 5 atom stereocenters. The van der Waals surface area contributed by atoms with Crippen LogP contribution in [0.2, 0.25) is 0 Å². The summed E-state index contributed by atoms with van der Waals surface area (Å²) in [5.41, 5.74) is -0.0259. The molecule has 34 heavy (non-hydrogen) atoms.